The number of rotatable bonds is 5. The van der Waals surface area contributed by atoms with Gasteiger partial charge in [-0.3, -0.25) is 4.79 Å². The van der Waals surface area contributed by atoms with Crippen LogP contribution in [0.25, 0.3) is 0 Å². The number of ether oxygens (including phenoxy) is 1. The molecule has 0 unspecified atom stereocenters. The number of unbranched alkanes of at least 4 members (excludes halogenated alkanes) is 1. The molecule has 3 rings (SSSR count). The second kappa shape index (κ2) is 6.34. The molecular formula is C19H26N2O2. The van der Waals surface area contributed by atoms with Gasteiger partial charge in [0.05, 0.1) is 24.3 Å². The molecule has 0 spiro atoms. The normalized spacial score (nSPS) is 25.5. The Labute approximate surface area is 138 Å². The van der Waals surface area contributed by atoms with E-state index in [1.807, 2.05) is 24.3 Å². The van der Waals surface area contributed by atoms with Crippen LogP contribution in [-0.4, -0.2) is 24.1 Å². The monoisotopic (exact) mass is 314 g/mol. The second-order valence-corrected chi connectivity index (χ2v) is 7.45. The Morgan fingerprint density at radius 2 is 2.04 bits per heavy atom. The van der Waals surface area contributed by atoms with Crippen LogP contribution >= 0.6 is 0 Å². The molecule has 2 aliphatic rings. The third-order valence-electron chi connectivity index (χ3n) is 4.74. The van der Waals surface area contributed by atoms with Gasteiger partial charge in [-0.05, 0) is 48.1 Å². The number of Topliss-reactive ketones (excluding diaryl/α,β-unsaturated/α-hetero) is 1. The van der Waals surface area contributed by atoms with Crippen molar-refractivity contribution in [2.24, 2.45) is 16.4 Å². The van der Waals surface area contributed by atoms with Gasteiger partial charge in [-0.2, -0.15) is 5.10 Å². The summed E-state index contributed by atoms with van der Waals surface area (Å²) in [5.41, 5.74) is 5.15. The van der Waals surface area contributed by atoms with Crippen LogP contribution in [0.15, 0.2) is 29.4 Å². The molecule has 0 amide bonds. The molecule has 2 atom stereocenters. The van der Waals surface area contributed by atoms with Crippen molar-refractivity contribution in [1.82, 2.24) is 5.43 Å². The smallest absolute Gasteiger partial charge is 0.144 e. The first-order chi connectivity index (χ1) is 11.0. The number of carbonyl (C=O) groups is 1. The molecule has 0 aromatic heterocycles. The molecular weight excluding hydrogens is 288 g/mol. The average Bonchev–Trinajstić information content (AvgIpc) is 2.91. The average molecular weight is 314 g/mol. The van der Waals surface area contributed by atoms with Crippen LogP contribution in [0.4, 0.5) is 0 Å². The Balaban J connectivity index is 1.71. The van der Waals surface area contributed by atoms with E-state index < -0.39 is 0 Å². The van der Waals surface area contributed by atoms with E-state index in [0.717, 1.165) is 42.9 Å². The van der Waals surface area contributed by atoms with Crippen molar-refractivity contribution in [3.8, 4) is 5.75 Å². The lowest BCUT2D eigenvalue weighted by Gasteiger charge is -2.36. The summed E-state index contributed by atoms with van der Waals surface area (Å²) in [6.07, 6.45) is 3.80. The first-order valence-electron chi connectivity index (χ1n) is 8.59. The number of hydrazone groups is 1. The summed E-state index contributed by atoms with van der Waals surface area (Å²) in [5, 5.41) is 4.48. The standard InChI is InChI=1S/C19H26N2O2/c1-4-5-10-23-14-8-6-13(7-9-14)18-17-15(20-21-18)11-19(2,3)12-16(17)22/h6-9,15,17,20H,4-5,10-12H2,1-3H3/t15-,17-/m0/s1. The summed E-state index contributed by atoms with van der Waals surface area (Å²) in [6.45, 7) is 7.21. The van der Waals surface area contributed by atoms with Crippen LogP contribution in [0.5, 0.6) is 5.75 Å². The second-order valence-electron chi connectivity index (χ2n) is 7.45. The van der Waals surface area contributed by atoms with E-state index in [1.54, 1.807) is 0 Å². The summed E-state index contributed by atoms with van der Waals surface area (Å²) >= 11 is 0. The Hall–Kier alpha value is -1.84. The van der Waals surface area contributed by atoms with Crippen molar-refractivity contribution in [2.75, 3.05) is 6.61 Å². The first-order valence-corrected chi connectivity index (χ1v) is 8.59. The van der Waals surface area contributed by atoms with Gasteiger partial charge in [-0.15, -0.1) is 0 Å². The number of fused-ring (bicyclic) bond motifs is 1. The SMILES string of the molecule is CCCCOc1ccc(C2=NN[C@H]3CC(C)(C)CC(=O)[C@@H]23)cc1. The zero-order chi connectivity index (χ0) is 16.4. The fourth-order valence-corrected chi connectivity index (χ4v) is 3.58. The number of hydrogen-bond donors (Lipinski definition) is 1. The predicted octanol–water partition coefficient (Wildman–Crippen LogP) is 3.55. The molecule has 1 saturated carbocycles. The lowest BCUT2D eigenvalue weighted by Crippen LogP contribution is -2.45. The molecule has 124 valence electrons. The maximum absolute atomic E-state index is 12.6. The maximum Gasteiger partial charge on any atom is 0.144 e. The van der Waals surface area contributed by atoms with E-state index in [2.05, 4.69) is 31.3 Å². The van der Waals surface area contributed by atoms with Crippen molar-refractivity contribution in [3.63, 3.8) is 0 Å². The molecule has 0 saturated heterocycles. The molecule has 1 aromatic rings. The van der Waals surface area contributed by atoms with Crippen molar-refractivity contribution < 1.29 is 9.53 Å². The van der Waals surface area contributed by atoms with Gasteiger partial charge in [0.25, 0.3) is 0 Å². The molecule has 1 aliphatic carbocycles. The van der Waals surface area contributed by atoms with Crippen LogP contribution in [0.3, 0.4) is 0 Å². The topological polar surface area (TPSA) is 50.7 Å². The van der Waals surface area contributed by atoms with Crippen LogP contribution < -0.4 is 10.2 Å². The summed E-state index contributed by atoms with van der Waals surface area (Å²) in [7, 11) is 0. The molecule has 1 heterocycles. The van der Waals surface area contributed by atoms with E-state index in [9.17, 15) is 4.79 Å². The number of carbonyl (C=O) groups excluding carboxylic acids is 1. The first kappa shape index (κ1) is 16.0. The Kier molecular flexibility index (Phi) is 4.42. The van der Waals surface area contributed by atoms with Crippen molar-refractivity contribution in [1.29, 1.82) is 0 Å². The van der Waals surface area contributed by atoms with Gasteiger partial charge in [0.15, 0.2) is 0 Å². The number of nitrogens with zero attached hydrogens (tertiary/aromatic N) is 1. The Morgan fingerprint density at radius 1 is 1.30 bits per heavy atom. The minimum atomic E-state index is -0.102. The minimum absolute atomic E-state index is 0.0627. The van der Waals surface area contributed by atoms with E-state index >= 15 is 0 Å². The van der Waals surface area contributed by atoms with E-state index in [1.165, 1.54) is 0 Å². The Bertz CT molecular complexity index is 604. The van der Waals surface area contributed by atoms with Crippen LogP contribution in [0, 0.1) is 11.3 Å². The van der Waals surface area contributed by atoms with Gasteiger partial charge in [-0.1, -0.05) is 27.2 Å². The van der Waals surface area contributed by atoms with Gasteiger partial charge in [-0.25, -0.2) is 0 Å². The van der Waals surface area contributed by atoms with Crippen LogP contribution in [0.2, 0.25) is 0 Å². The van der Waals surface area contributed by atoms with Crippen LogP contribution in [-0.2, 0) is 4.79 Å². The summed E-state index contributed by atoms with van der Waals surface area (Å²) in [5.74, 6) is 1.08. The fourth-order valence-electron chi connectivity index (χ4n) is 3.58. The van der Waals surface area contributed by atoms with E-state index in [4.69, 9.17) is 4.74 Å². The lowest BCUT2D eigenvalue weighted by molar-refractivity contribution is -0.126. The van der Waals surface area contributed by atoms with Crippen LogP contribution in [0.1, 0.15) is 52.0 Å². The lowest BCUT2D eigenvalue weighted by atomic mass is 9.68. The summed E-state index contributed by atoms with van der Waals surface area (Å²) in [6, 6.07) is 8.10. The van der Waals surface area contributed by atoms with Crippen molar-refractivity contribution in [3.05, 3.63) is 29.8 Å². The third kappa shape index (κ3) is 3.41. The van der Waals surface area contributed by atoms with Gasteiger partial charge in [0, 0.05) is 6.42 Å². The summed E-state index contributed by atoms with van der Waals surface area (Å²) in [4.78, 5) is 12.6. The van der Waals surface area contributed by atoms with E-state index in [-0.39, 0.29) is 17.4 Å². The number of hydrogen-bond acceptors (Lipinski definition) is 4. The molecule has 0 bridgehead atoms. The highest BCUT2D eigenvalue weighted by Crippen LogP contribution is 2.39. The molecule has 4 heteroatoms. The predicted molar refractivity (Wildman–Crippen MR) is 91.8 cm³/mol. The van der Waals surface area contributed by atoms with E-state index in [0.29, 0.717) is 12.2 Å². The third-order valence-corrected chi connectivity index (χ3v) is 4.74. The number of benzene rings is 1. The molecule has 1 N–H and O–H groups in total. The molecule has 23 heavy (non-hydrogen) atoms. The molecule has 1 fully saturated rings. The number of ketones is 1. The summed E-state index contributed by atoms with van der Waals surface area (Å²) < 4.78 is 5.70. The van der Waals surface area contributed by atoms with Gasteiger partial charge in [0.1, 0.15) is 11.5 Å². The zero-order valence-corrected chi connectivity index (χ0v) is 14.3. The largest absolute Gasteiger partial charge is 0.494 e. The molecule has 0 radical (unpaired) electrons. The Morgan fingerprint density at radius 3 is 2.74 bits per heavy atom. The van der Waals surface area contributed by atoms with Crippen molar-refractivity contribution in [2.45, 2.75) is 52.5 Å². The molecule has 1 aliphatic heterocycles. The van der Waals surface area contributed by atoms with Gasteiger partial charge >= 0.3 is 0 Å². The van der Waals surface area contributed by atoms with Gasteiger partial charge < -0.3 is 10.2 Å². The van der Waals surface area contributed by atoms with Crippen molar-refractivity contribution >= 4 is 11.5 Å². The zero-order valence-electron chi connectivity index (χ0n) is 14.3. The highest BCUT2D eigenvalue weighted by atomic mass is 16.5. The fraction of sp³-hybridized carbons (Fsp3) is 0.579. The highest BCUT2D eigenvalue weighted by Gasteiger charge is 2.46. The number of nitrogens with one attached hydrogen (secondary N) is 1. The molecule has 4 nitrogen and oxygen atoms in total. The van der Waals surface area contributed by atoms with Gasteiger partial charge in [0.2, 0.25) is 0 Å². The quantitative estimate of drug-likeness (QED) is 0.846. The highest BCUT2D eigenvalue weighted by molar-refractivity contribution is 6.15. The minimum Gasteiger partial charge on any atom is -0.494 e. The molecule has 1 aromatic carbocycles. The maximum atomic E-state index is 12.6.